The zero-order valence-corrected chi connectivity index (χ0v) is 33.5. The Balaban J connectivity index is 1.20. The van der Waals surface area contributed by atoms with Crippen molar-refractivity contribution >= 4 is 57.3 Å². The molecule has 300 valence electrons. The molecule has 6 amide bonds. The molecule has 0 aliphatic carbocycles. The Labute approximate surface area is 334 Å². The maximum absolute atomic E-state index is 14.6. The van der Waals surface area contributed by atoms with E-state index in [1.165, 1.54) is 6.92 Å². The number of thioether (sulfide) groups is 1. The standard InChI is InChI=1S/C43H56N6O6S/c1-3-44-41(54)43(29-33-13-6-4-7-14-33)20-12-22-49(31-43)40(53)37(28-34-18-19-35-15-9-10-16-36(35)27-34)46-42(55)48-25-23-47(24-26-48)39(52)17-8-5-11-21-45-38(51)30-56-32(2)50/h4,6-7,9-10,13-16,18-19,27,37H,3,5,8,11-12,17,20-26,28-31H2,1-2H3,(H,44,54)(H,45,51)(H,46,55)/t37?,43-/m0/s1. The van der Waals surface area contributed by atoms with E-state index in [2.05, 4.69) is 22.0 Å². The van der Waals surface area contributed by atoms with Crippen molar-refractivity contribution in [1.29, 1.82) is 0 Å². The van der Waals surface area contributed by atoms with Gasteiger partial charge in [0.15, 0.2) is 5.12 Å². The maximum Gasteiger partial charge on any atom is 0.318 e. The largest absolute Gasteiger partial charge is 0.356 e. The van der Waals surface area contributed by atoms with Crippen LogP contribution in [0.5, 0.6) is 0 Å². The third kappa shape index (κ3) is 12.0. The smallest absolute Gasteiger partial charge is 0.318 e. The third-order valence-electron chi connectivity index (χ3n) is 10.7. The molecule has 5 rings (SSSR count). The Hall–Kier alpha value is -4.91. The van der Waals surface area contributed by atoms with Crippen LogP contribution in [0.15, 0.2) is 72.8 Å². The number of hydrogen-bond donors (Lipinski definition) is 3. The van der Waals surface area contributed by atoms with Crippen molar-refractivity contribution in [3.8, 4) is 0 Å². The quantitative estimate of drug-likeness (QED) is 0.181. The normalized spacial score (nSPS) is 17.6. The molecule has 0 bridgehead atoms. The second kappa shape index (κ2) is 20.8. The van der Waals surface area contributed by atoms with Gasteiger partial charge in [0, 0.05) is 72.1 Å². The SMILES string of the molecule is CCNC(=O)[C@]1(Cc2ccccc2)CCCN(C(=O)C(Cc2ccc3ccccc3c2)NC(=O)N2CCN(C(=O)CCCCCNC(=O)CSC(C)=O)CC2)C1. The monoisotopic (exact) mass is 784 g/mol. The third-order valence-corrected chi connectivity index (χ3v) is 11.5. The first-order valence-corrected chi connectivity index (χ1v) is 20.9. The molecule has 2 fully saturated rings. The van der Waals surface area contributed by atoms with Gasteiger partial charge in [-0.1, -0.05) is 91.0 Å². The van der Waals surface area contributed by atoms with E-state index in [1.54, 1.807) is 14.7 Å². The summed E-state index contributed by atoms with van der Waals surface area (Å²) in [5.74, 6) is -0.290. The lowest BCUT2D eigenvalue weighted by Gasteiger charge is -2.43. The van der Waals surface area contributed by atoms with Crippen LogP contribution in [0.1, 0.15) is 63.5 Å². The predicted octanol–water partition coefficient (Wildman–Crippen LogP) is 4.55. The molecule has 3 aromatic rings. The number of carbonyl (C=O) groups is 6. The second-order valence-electron chi connectivity index (χ2n) is 14.9. The number of piperidine rings is 1. The molecular weight excluding hydrogens is 729 g/mol. The van der Waals surface area contributed by atoms with Crippen molar-refractivity contribution in [2.45, 2.75) is 71.3 Å². The van der Waals surface area contributed by atoms with Crippen molar-refractivity contribution in [3.05, 3.63) is 83.9 Å². The number of unbranched alkanes of at least 4 members (excludes halogenated alkanes) is 2. The summed E-state index contributed by atoms with van der Waals surface area (Å²) < 4.78 is 0. The van der Waals surface area contributed by atoms with E-state index in [1.807, 2.05) is 73.7 Å². The first kappa shape index (κ1) is 42.2. The van der Waals surface area contributed by atoms with Crippen molar-refractivity contribution in [2.24, 2.45) is 5.41 Å². The fourth-order valence-corrected chi connectivity index (χ4v) is 8.10. The molecule has 0 spiro atoms. The van der Waals surface area contributed by atoms with Crippen molar-refractivity contribution < 1.29 is 28.8 Å². The lowest BCUT2D eigenvalue weighted by atomic mass is 9.74. The highest BCUT2D eigenvalue weighted by Gasteiger charge is 2.44. The minimum Gasteiger partial charge on any atom is -0.356 e. The van der Waals surface area contributed by atoms with Gasteiger partial charge in [-0.05, 0) is 60.9 Å². The van der Waals surface area contributed by atoms with E-state index in [-0.39, 0.29) is 53.5 Å². The number of nitrogens with zero attached hydrogens (tertiary/aromatic N) is 3. The molecule has 3 aromatic carbocycles. The van der Waals surface area contributed by atoms with Crippen LogP contribution >= 0.6 is 11.8 Å². The zero-order chi connectivity index (χ0) is 39.9. The van der Waals surface area contributed by atoms with Crippen LogP contribution in [0.2, 0.25) is 0 Å². The maximum atomic E-state index is 14.6. The highest BCUT2D eigenvalue weighted by molar-refractivity contribution is 8.14. The summed E-state index contributed by atoms with van der Waals surface area (Å²) in [5, 5.41) is 10.9. The number of fused-ring (bicyclic) bond motifs is 1. The van der Waals surface area contributed by atoms with Gasteiger partial charge in [0.25, 0.3) is 0 Å². The molecule has 2 heterocycles. The van der Waals surface area contributed by atoms with E-state index in [4.69, 9.17) is 0 Å². The summed E-state index contributed by atoms with van der Waals surface area (Å²) in [6.45, 7) is 6.58. The summed E-state index contributed by atoms with van der Waals surface area (Å²) in [4.78, 5) is 83.2. The fraction of sp³-hybridized carbons (Fsp3) is 0.488. The predicted molar refractivity (Wildman–Crippen MR) is 220 cm³/mol. The van der Waals surface area contributed by atoms with Gasteiger partial charge in [-0.2, -0.15) is 0 Å². The molecule has 2 aliphatic rings. The van der Waals surface area contributed by atoms with Gasteiger partial charge in [0.1, 0.15) is 6.04 Å². The fourth-order valence-electron chi connectivity index (χ4n) is 7.67. The van der Waals surface area contributed by atoms with Crippen molar-refractivity contribution in [1.82, 2.24) is 30.7 Å². The average molecular weight is 785 g/mol. The Morgan fingerprint density at radius 2 is 1.48 bits per heavy atom. The Kier molecular flexibility index (Phi) is 15.7. The number of rotatable bonds is 16. The highest BCUT2D eigenvalue weighted by atomic mass is 32.2. The first-order valence-electron chi connectivity index (χ1n) is 19.9. The van der Waals surface area contributed by atoms with Crippen LogP contribution < -0.4 is 16.0 Å². The summed E-state index contributed by atoms with van der Waals surface area (Å²) in [6.07, 6.45) is 4.74. The van der Waals surface area contributed by atoms with Crippen LogP contribution in [-0.4, -0.2) is 114 Å². The number of carbonyl (C=O) groups excluding carboxylic acids is 6. The van der Waals surface area contributed by atoms with Crippen LogP contribution in [-0.2, 0) is 36.8 Å². The van der Waals surface area contributed by atoms with E-state index in [0.717, 1.165) is 46.5 Å². The molecule has 0 saturated carbocycles. The minimum atomic E-state index is -0.859. The molecule has 3 N–H and O–H groups in total. The molecule has 0 aromatic heterocycles. The lowest BCUT2D eigenvalue weighted by molar-refractivity contribution is -0.143. The van der Waals surface area contributed by atoms with Crippen LogP contribution in [0.25, 0.3) is 10.8 Å². The molecule has 1 unspecified atom stereocenters. The Morgan fingerprint density at radius 1 is 0.768 bits per heavy atom. The second-order valence-corrected chi connectivity index (χ2v) is 16.0. The van der Waals surface area contributed by atoms with Gasteiger partial charge in [-0.3, -0.25) is 24.0 Å². The van der Waals surface area contributed by atoms with E-state index in [9.17, 15) is 28.8 Å². The van der Waals surface area contributed by atoms with E-state index >= 15 is 0 Å². The molecule has 56 heavy (non-hydrogen) atoms. The van der Waals surface area contributed by atoms with Crippen LogP contribution in [0.3, 0.4) is 0 Å². The minimum absolute atomic E-state index is 0.0347. The Bertz CT molecular complexity index is 1830. The topological polar surface area (TPSA) is 148 Å². The molecule has 2 saturated heterocycles. The van der Waals surface area contributed by atoms with E-state index in [0.29, 0.717) is 77.9 Å². The number of amides is 6. The molecule has 2 aliphatic heterocycles. The molecule has 13 heteroatoms. The molecule has 0 radical (unpaired) electrons. The lowest BCUT2D eigenvalue weighted by Crippen LogP contribution is -2.60. The highest BCUT2D eigenvalue weighted by Crippen LogP contribution is 2.35. The van der Waals surface area contributed by atoms with Gasteiger partial charge in [0.2, 0.25) is 23.6 Å². The molecule has 12 nitrogen and oxygen atoms in total. The van der Waals surface area contributed by atoms with Crippen LogP contribution in [0.4, 0.5) is 4.79 Å². The summed E-state index contributed by atoms with van der Waals surface area (Å²) in [7, 11) is 0. The molecular formula is C43H56N6O6S. The average Bonchev–Trinajstić information content (AvgIpc) is 3.21. The van der Waals surface area contributed by atoms with Gasteiger partial charge in [-0.15, -0.1) is 0 Å². The van der Waals surface area contributed by atoms with Gasteiger partial charge in [0.05, 0.1) is 11.2 Å². The van der Waals surface area contributed by atoms with Gasteiger partial charge in [-0.25, -0.2) is 4.79 Å². The van der Waals surface area contributed by atoms with Gasteiger partial charge < -0.3 is 30.7 Å². The number of likely N-dealkylation sites (tertiary alicyclic amines) is 1. The summed E-state index contributed by atoms with van der Waals surface area (Å²) >= 11 is 0.983. The number of piperazine rings is 1. The number of nitrogens with one attached hydrogen (secondary N) is 3. The van der Waals surface area contributed by atoms with E-state index < -0.39 is 11.5 Å². The summed E-state index contributed by atoms with van der Waals surface area (Å²) in [5.41, 5.74) is 1.16. The first-order chi connectivity index (χ1) is 27.1. The van der Waals surface area contributed by atoms with Crippen molar-refractivity contribution in [2.75, 3.05) is 58.1 Å². The van der Waals surface area contributed by atoms with Gasteiger partial charge >= 0.3 is 6.03 Å². The zero-order valence-electron chi connectivity index (χ0n) is 32.7. The Morgan fingerprint density at radius 3 is 2.21 bits per heavy atom. The van der Waals surface area contributed by atoms with Crippen molar-refractivity contribution in [3.63, 3.8) is 0 Å². The number of benzene rings is 3. The number of urea groups is 1. The van der Waals surface area contributed by atoms with Crippen LogP contribution in [0, 0.1) is 5.41 Å². The summed E-state index contributed by atoms with van der Waals surface area (Å²) in [6, 6.07) is 22.8. The molecule has 2 atom stereocenters. The number of hydrogen-bond acceptors (Lipinski definition) is 7.